The van der Waals surface area contributed by atoms with Crippen molar-refractivity contribution in [3.63, 3.8) is 0 Å². The third-order valence-electron chi connectivity index (χ3n) is 11.2. The van der Waals surface area contributed by atoms with Crippen LogP contribution in [0.4, 0.5) is 0 Å². The van der Waals surface area contributed by atoms with Crippen molar-refractivity contribution in [2.75, 3.05) is 33.5 Å². The minimum atomic E-state index is -1.04. The van der Waals surface area contributed by atoms with Crippen LogP contribution in [0.3, 0.4) is 0 Å². The van der Waals surface area contributed by atoms with Gasteiger partial charge >= 0.3 is 11.9 Å². The number of carbonyl (C=O) groups excluding carboxylic acids is 2. The predicted molar refractivity (Wildman–Crippen MR) is 237 cm³/mol. The van der Waals surface area contributed by atoms with E-state index in [-0.39, 0.29) is 58.4 Å². The summed E-state index contributed by atoms with van der Waals surface area (Å²) in [5, 5.41) is 0. The molecular weight excluding hydrogens is 835 g/mol. The van der Waals surface area contributed by atoms with Gasteiger partial charge in [0.05, 0.1) is 46.2 Å². The SMILES string of the molecule is CCOC(=O)C(=CN1C[C@@H](OCc2ccccc2)[C@H]2OC(C)(C)O[C@H]2[C@@H]1OC[C@H]1O[C@H](OC)[C@H](OCc2ccccc2)[C@@H](OCc2ccccc2)[C@@H]1OCc1ccccc1)C(=O)OCC. The zero-order valence-electron chi connectivity index (χ0n) is 37.7. The van der Waals surface area contributed by atoms with Crippen LogP contribution in [0, 0.1) is 0 Å². The van der Waals surface area contributed by atoms with Gasteiger partial charge < -0.3 is 57.0 Å². The van der Waals surface area contributed by atoms with Crippen molar-refractivity contribution < 1.29 is 61.7 Å². The first-order chi connectivity index (χ1) is 31.7. The predicted octanol–water partition coefficient (Wildman–Crippen LogP) is 6.89. The maximum atomic E-state index is 13.4. The number of methoxy groups -OCH3 is 1. The van der Waals surface area contributed by atoms with Gasteiger partial charge in [-0.3, -0.25) is 0 Å². The number of carbonyl (C=O) groups is 2. The zero-order valence-corrected chi connectivity index (χ0v) is 37.7. The van der Waals surface area contributed by atoms with Crippen LogP contribution in [0.5, 0.6) is 0 Å². The molecule has 348 valence electrons. The van der Waals surface area contributed by atoms with Crippen LogP contribution in [0.2, 0.25) is 0 Å². The molecular formula is C51H61NO13. The minimum Gasteiger partial charge on any atom is -0.462 e. The van der Waals surface area contributed by atoms with Crippen molar-refractivity contribution >= 4 is 11.9 Å². The van der Waals surface area contributed by atoms with Crippen molar-refractivity contribution in [1.29, 1.82) is 0 Å². The lowest BCUT2D eigenvalue weighted by Crippen LogP contribution is -2.63. The monoisotopic (exact) mass is 895 g/mol. The molecule has 0 amide bonds. The lowest BCUT2D eigenvalue weighted by molar-refractivity contribution is -0.327. The van der Waals surface area contributed by atoms with E-state index in [1.54, 1.807) is 25.9 Å². The van der Waals surface area contributed by atoms with Gasteiger partial charge in [-0.05, 0) is 49.9 Å². The summed E-state index contributed by atoms with van der Waals surface area (Å²) in [6, 6.07) is 39.3. The van der Waals surface area contributed by atoms with Crippen LogP contribution in [0.15, 0.2) is 133 Å². The lowest BCUT2D eigenvalue weighted by Gasteiger charge is -2.47. The number of ether oxygens (including phenoxy) is 11. The van der Waals surface area contributed by atoms with E-state index in [1.807, 2.05) is 135 Å². The molecule has 3 aliphatic rings. The van der Waals surface area contributed by atoms with Gasteiger partial charge in [-0.15, -0.1) is 0 Å². The van der Waals surface area contributed by atoms with Crippen LogP contribution < -0.4 is 0 Å². The van der Waals surface area contributed by atoms with Gasteiger partial charge in [-0.25, -0.2) is 9.59 Å². The molecule has 0 N–H and O–H groups in total. The topological polar surface area (TPSA) is 139 Å². The van der Waals surface area contributed by atoms with Gasteiger partial charge in [0.15, 0.2) is 23.9 Å². The Labute approximate surface area is 381 Å². The van der Waals surface area contributed by atoms with Crippen molar-refractivity contribution in [3.8, 4) is 0 Å². The first-order valence-corrected chi connectivity index (χ1v) is 22.3. The summed E-state index contributed by atoms with van der Waals surface area (Å²) in [6.45, 7) is 8.15. The van der Waals surface area contributed by atoms with Gasteiger partial charge in [0.2, 0.25) is 0 Å². The lowest BCUT2D eigenvalue weighted by atomic mass is 9.97. The molecule has 0 saturated carbocycles. The average Bonchev–Trinajstić information content (AvgIpc) is 3.66. The Morgan fingerprint density at radius 1 is 0.615 bits per heavy atom. The van der Waals surface area contributed by atoms with Crippen LogP contribution in [-0.2, 0) is 88.1 Å². The Hall–Kier alpha value is -5.00. The van der Waals surface area contributed by atoms with Crippen molar-refractivity contribution in [1.82, 2.24) is 4.90 Å². The Balaban J connectivity index is 1.23. The summed E-state index contributed by atoms with van der Waals surface area (Å²) in [5.74, 6) is -2.73. The van der Waals surface area contributed by atoms with Crippen LogP contribution in [0.1, 0.15) is 49.9 Å². The fraction of sp³-hybridized carbons (Fsp3) is 0.451. The number of piperidine rings is 1. The molecule has 7 rings (SSSR count). The molecule has 4 aromatic carbocycles. The number of esters is 2. The summed E-state index contributed by atoms with van der Waals surface area (Å²) >= 11 is 0. The molecule has 4 aromatic rings. The second-order valence-corrected chi connectivity index (χ2v) is 16.4. The van der Waals surface area contributed by atoms with E-state index in [9.17, 15) is 9.59 Å². The standard InChI is InChI=1S/C51H61NO13/c1-6-56-48(53)39(49(54)57-7-2)28-52-29-40(58-30-35-20-12-8-13-21-35)43-45(65-51(3,4)64-43)47(52)62-34-41-42(59-31-36-22-14-9-15-23-36)44(60-32-37-24-16-10-17-25-37)46(50(55-5)63-41)61-33-38-26-18-11-19-27-38/h8-28,40-47,50H,6-7,29-34H2,1-5H3/t40-,41-,42-,43-,44+,45-,46-,47+,50+/m1/s1. The van der Waals surface area contributed by atoms with Crippen molar-refractivity contribution in [3.05, 3.63) is 155 Å². The summed E-state index contributed by atoms with van der Waals surface area (Å²) in [5.41, 5.74) is 3.52. The van der Waals surface area contributed by atoms with E-state index in [4.69, 9.17) is 52.1 Å². The van der Waals surface area contributed by atoms with Gasteiger partial charge in [0.1, 0.15) is 42.7 Å². The summed E-state index contributed by atoms with van der Waals surface area (Å²) in [6.07, 6.45) is -5.44. The third-order valence-corrected chi connectivity index (χ3v) is 11.2. The summed E-state index contributed by atoms with van der Waals surface area (Å²) < 4.78 is 70.4. The van der Waals surface area contributed by atoms with Crippen molar-refractivity contribution in [2.45, 2.75) is 115 Å². The molecule has 3 aliphatic heterocycles. The smallest absolute Gasteiger partial charge is 0.347 e. The number of hydrogen-bond acceptors (Lipinski definition) is 14. The second-order valence-electron chi connectivity index (χ2n) is 16.4. The van der Waals surface area contributed by atoms with Crippen LogP contribution in [-0.4, -0.2) is 111 Å². The largest absolute Gasteiger partial charge is 0.462 e. The number of fused-ring (bicyclic) bond motifs is 1. The van der Waals surface area contributed by atoms with Crippen LogP contribution >= 0.6 is 0 Å². The van der Waals surface area contributed by atoms with Crippen LogP contribution in [0.25, 0.3) is 0 Å². The quantitative estimate of drug-likeness (QED) is 0.0372. The van der Waals surface area contributed by atoms with Gasteiger partial charge in [-0.2, -0.15) is 0 Å². The zero-order chi connectivity index (χ0) is 45.6. The highest BCUT2D eigenvalue weighted by molar-refractivity contribution is 6.13. The van der Waals surface area contributed by atoms with E-state index < -0.39 is 73.0 Å². The van der Waals surface area contributed by atoms with E-state index in [1.165, 1.54) is 6.20 Å². The fourth-order valence-electron chi connectivity index (χ4n) is 8.21. The number of nitrogens with zero attached hydrogens (tertiary/aromatic N) is 1. The molecule has 0 bridgehead atoms. The van der Waals surface area contributed by atoms with E-state index in [2.05, 4.69) is 0 Å². The first-order valence-electron chi connectivity index (χ1n) is 22.3. The molecule has 0 radical (unpaired) electrons. The molecule has 3 fully saturated rings. The normalized spacial score (nSPS) is 25.9. The molecule has 0 aromatic heterocycles. The number of benzene rings is 4. The molecule has 65 heavy (non-hydrogen) atoms. The second kappa shape index (κ2) is 23.4. The summed E-state index contributed by atoms with van der Waals surface area (Å²) in [7, 11) is 1.56. The highest BCUT2D eigenvalue weighted by Crippen LogP contribution is 2.40. The molecule has 14 heteroatoms. The number of likely N-dealkylation sites (tertiary alicyclic amines) is 1. The molecule has 0 spiro atoms. The van der Waals surface area contributed by atoms with Gasteiger partial charge in [-0.1, -0.05) is 121 Å². The molecule has 0 aliphatic carbocycles. The van der Waals surface area contributed by atoms with E-state index >= 15 is 0 Å². The molecule has 9 atom stereocenters. The molecule has 0 unspecified atom stereocenters. The number of rotatable bonds is 21. The highest BCUT2D eigenvalue weighted by atomic mass is 16.8. The first kappa shape index (κ1) is 47.9. The minimum absolute atomic E-state index is 0.0434. The molecule has 14 nitrogen and oxygen atoms in total. The van der Waals surface area contributed by atoms with E-state index in [0.29, 0.717) is 0 Å². The number of hydrogen-bond donors (Lipinski definition) is 0. The van der Waals surface area contributed by atoms with Gasteiger partial charge in [0.25, 0.3) is 0 Å². The third kappa shape index (κ3) is 12.9. The van der Waals surface area contributed by atoms with Gasteiger partial charge in [0, 0.05) is 19.9 Å². The van der Waals surface area contributed by atoms with E-state index in [0.717, 1.165) is 22.3 Å². The Bertz CT molecular complexity index is 2070. The summed E-state index contributed by atoms with van der Waals surface area (Å²) in [4.78, 5) is 28.6. The highest BCUT2D eigenvalue weighted by Gasteiger charge is 2.56. The fourth-order valence-corrected chi connectivity index (χ4v) is 8.21. The average molecular weight is 896 g/mol. The Morgan fingerprint density at radius 3 is 1.54 bits per heavy atom. The van der Waals surface area contributed by atoms with Crippen molar-refractivity contribution in [2.24, 2.45) is 0 Å². The molecule has 3 saturated heterocycles. The maximum Gasteiger partial charge on any atom is 0.347 e. The Morgan fingerprint density at radius 2 is 1.06 bits per heavy atom. The maximum absolute atomic E-state index is 13.4. The molecule has 3 heterocycles. The Kier molecular flexibility index (Phi) is 17.3.